The molecule has 3 atom stereocenters. The first-order valence-corrected chi connectivity index (χ1v) is 8.04. The van der Waals surface area contributed by atoms with Crippen LogP contribution in [0.15, 0.2) is 0 Å². The summed E-state index contributed by atoms with van der Waals surface area (Å²) in [5, 5.41) is 0.853. The topological polar surface area (TPSA) is 177 Å². The van der Waals surface area contributed by atoms with Crippen molar-refractivity contribution in [2.45, 2.75) is 37.9 Å². The van der Waals surface area contributed by atoms with Gasteiger partial charge in [0.05, 0.1) is 12.1 Å². The Kier molecular flexibility index (Phi) is 4.59. The molecule has 2 fully saturated rings. The molecule has 2 bridgehead atoms. The molecular formula is C10H17N5O7S. The van der Waals surface area contributed by atoms with Gasteiger partial charge in [0.25, 0.3) is 11.8 Å². The van der Waals surface area contributed by atoms with Gasteiger partial charge in [0, 0.05) is 6.54 Å². The van der Waals surface area contributed by atoms with E-state index in [0.29, 0.717) is 10.1 Å². The van der Waals surface area contributed by atoms with Crippen LogP contribution in [-0.2, 0) is 24.3 Å². The number of carbonyl (C=O) groups is 3. The van der Waals surface area contributed by atoms with Crippen molar-refractivity contribution in [3.05, 3.63) is 0 Å². The third-order valence-corrected chi connectivity index (χ3v) is 4.00. The molecule has 12 nitrogen and oxygen atoms in total. The minimum Gasteiger partial charge on any atom is -0.320 e. The summed E-state index contributed by atoms with van der Waals surface area (Å²) in [4.78, 5) is 37.1. The largest absolute Gasteiger partial charge is 0.418 e. The Morgan fingerprint density at radius 1 is 1.43 bits per heavy atom. The lowest BCUT2D eigenvalue weighted by Gasteiger charge is -2.31. The predicted octanol–water partition coefficient (Wildman–Crippen LogP) is -2.43. The summed E-state index contributed by atoms with van der Waals surface area (Å²) in [6, 6.07) is -3.58. The van der Waals surface area contributed by atoms with Crippen molar-refractivity contribution < 1.29 is 31.6 Å². The maximum Gasteiger partial charge on any atom is 0.418 e. The molecular weight excluding hydrogens is 334 g/mol. The molecule has 2 rings (SSSR count). The van der Waals surface area contributed by atoms with Gasteiger partial charge in [-0.3, -0.25) is 14.1 Å². The fraction of sp³-hybridized carbons (Fsp3) is 0.700. The second kappa shape index (κ2) is 6.01. The second-order valence-electron chi connectivity index (χ2n) is 5.35. The molecule has 0 unspecified atom stereocenters. The number of nitrogens with two attached hydrogens (primary N) is 2. The van der Waals surface area contributed by atoms with Crippen molar-refractivity contribution in [2.75, 3.05) is 6.54 Å². The molecule has 0 aliphatic carbocycles. The first-order chi connectivity index (χ1) is 10.5. The molecule has 0 saturated carbocycles. The van der Waals surface area contributed by atoms with Gasteiger partial charge in [-0.15, -0.1) is 4.28 Å². The van der Waals surface area contributed by atoms with Gasteiger partial charge in [-0.25, -0.2) is 15.6 Å². The van der Waals surface area contributed by atoms with Crippen LogP contribution in [0.2, 0.25) is 0 Å². The van der Waals surface area contributed by atoms with Crippen molar-refractivity contribution in [3.8, 4) is 0 Å². The van der Waals surface area contributed by atoms with E-state index in [-0.39, 0.29) is 19.4 Å². The van der Waals surface area contributed by atoms with Crippen molar-refractivity contribution in [3.63, 3.8) is 0 Å². The van der Waals surface area contributed by atoms with Gasteiger partial charge >= 0.3 is 16.4 Å². The first kappa shape index (κ1) is 17.6. The van der Waals surface area contributed by atoms with Crippen molar-refractivity contribution in [2.24, 2.45) is 11.6 Å². The predicted molar refractivity (Wildman–Crippen MR) is 73.1 cm³/mol. The Hall–Kier alpha value is -1.80. The Bertz CT molecular complexity index is 636. The normalized spacial score (nSPS) is 25.5. The van der Waals surface area contributed by atoms with Crippen LogP contribution in [0.3, 0.4) is 0 Å². The molecule has 0 aromatic rings. The SMILES string of the molecule is C[C@H](N)C(=O)N(N)C(=O)[C@@H]1CC[C@@H]2CN1C(=O)N2OS(=O)(=O)O. The van der Waals surface area contributed by atoms with Crippen LogP contribution in [0, 0.1) is 0 Å². The average molecular weight is 351 g/mol. The summed E-state index contributed by atoms with van der Waals surface area (Å²) in [7, 11) is -4.87. The van der Waals surface area contributed by atoms with Gasteiger partial charge in [-0.1, -0.05) is 0 Å². The van der Waals surface area contributed by atoms with Gasteiger partial charge < -0.3 is 10.6 Å². The van der Waals surface area contributed by atoms with E-state index in [1.165, 1.54) is 6.92 Å². The first-order valence-electron chi connectivity index (χ1n) is 6.68. The number of piperidine rings is 1. The van der Waals surface area contributed by atoms with E-state index in [9.17, 15) is 22.8 Å². The summed E-state index contributed by atoms with van der Waals surface area (Å²) < 4.78 is 34.5. The highest BCUT2D eigenvalue weighted by molar-refractivity contribution is 7.80. The molecule has 0 radical (unpaired) electrons. The summed E-state index contributed by atoms with van der Waals surface area (Å²) >= 11 is 0. The van der Waals surface area contributed by atoms with E-state index in [2.05, 4.69) is 4.28 Å². The highest BCUT2D eigenvalue weighted by Gasteiger charge is 2.50. The van der Waals surface area contributed by atoms with Gasteiger partial charge in [-0.05, 0) is 19.8 Å². The van der Waals surface area contributed by atoms with Crippen LogP contribution in [0.5, 0.6) is 0 Å². The van der Waals surface area contributed by atoms with Crippen LogP contribution >= 0.6 is 0 Å². The van der Waals surface area contributed by atoms with E-state index in [4.69, 9.17) is 16.1 Å². The molecule has 2 aliphatic heterocycles. The number of fused-ring (bicyclic) bond motifs is 2. The van der Waals surface area contributed by atoms with Gasteiger partial charge in [0.15, 0.2) is 0 Å². The number of amides is 4. The molecule has 23 heavy (non-hydrogen) atoms. The van der Waals surface area contributed by atoms with Crippen LogP contribution in [0.25, 0.3) is 0 Å². The maximum absolute atomic E-state index is 12.3. The van der Waals surface area contributed by atoms with Crippen molar-refractivity contribution in [1.82, 2.24) is 15.0 Å². The zero-order valence-corrected chi connectivity index (χ0v) is 13.0. The zero-order chi connectivity index (χ0) is 17.5. The quantitative estimate of drug-likeness (QED) is 0.215. The molecule has 2 saturated heterocycles. The van der Waals surface area contributed by atoms with E-state index in [1.807, 2.05) is 0 Å². The van der Waals surface area contributed by atoms with Crippen molar-refractivity contribution >= 4 is 28.2 Å². The van der Waals surface area contributed by atoms with E-state index in [1.54, 1.807) is 0 Å². The minimum atomic E-state index is -4.87. The van der Waals surface area contributed by atoms with Crippen LogP contribution in [-0.4, -0.2) is 70.5 Å². The van der Waals surface area contributed by atoms with E-state index in [0.717, 1.165) is 4.90 Å². The molecule has 130 valence electrons. The Morgan fingerprint density at radius 3 is 2.57 bits per heavy atom. The lowest BCUT2D eigenvalue weighted by atomic mass is 10.00. The lowest BCUT2D eigenvalue weighted by Crippen LogP contribution is -2.57. The minimum absolute atomic E-state index is 0.00493. The monoisotopic (exact) mass is 351 g/mol. The molecule has 0 spiro atoms. The number of carbonyl (C=O) groups excluding carboxylic acids is 3. The fourth-order valence-electron chi connectivity index (χ4n) is 2.58. The Morgan fingerprint density at radius 2 is 2.04 bits per heavy atom. The number of hydrogen-bond donors (Lipinski definition) is 3. The molecule has 2 heterocycles. The second-order valence-corrected chi connectivity index (χ2v) is 6.35. The number of hydrazine groups is 1. The summed E-state index contributed by atoms with van der Waals surface area (Å²) in [6.07, 6.45) is 0.384. The van der Waals surface area contributed by atoms with Gasteiger partial charge in [0.1, 0.15) is 6.04 Å². The highest BCUT2D eigenvalue weighted by atomic mass is 32.3. The summed E-state index contributed by atoms with van der Waals surface area (Å²) in [5.41, 5.74) is 5.37. The smallest absolute Gasteiger partial charge is 0.320 e. The Labute approximate surface area is 131 Å². The maximum atomic E-state index is 12.3. The van der Waals surface area contributed by atoms with E-state index >= 15 is 0 Å². The molecule has 0 aromatic heterocycles. The third kappa shape index (κ3) is 3.42. The number of hydroxylamine groups is 2. The van der Waals surface area contributed by atoms with Crippen molar-refractivity contribution in [1.29, 1.82) is 0 Å². The summed E-state index contributed by atoms with van der Waals surface area (Å²) in [5.74, 6) is 3.80. The Balaban J connectivity index is 2.15. The molecule has 2 aliphatic rings. The standard InChI is InChI=1S/C10H17N5O7S/c1-5(11)8(16)14(12)9(17)7-3-2-6-4-13(7)10(18)15(6)22-23(19,20)21/h5-7H,2-4,11-12H2,1H3,(H,19,20,21)/t5-,6+,7-/m0/s1. The average Bonchev–Trinajstić information content (AvgIpc) is 2.69. The van der Waals surface area contributed by atoms with Gasteiger partial charge in [-0.2, -0.15) is 13.5 Å². The van der Waals surface area contributed by atoms with Crippen LogP contribution in [0.4, 0.5) is 4.79 Å². The third-order valence-electron chi connectivity index (χ3n) is 3.65. The highest BCUT2D eigenvalue weighted by Crippen LogP contribution is 2.31. The van der Waals surface area contributed by atoms with Gasteiger partial charge in [0.2, 0.25) is 0 Å². The molecule has 4 amide bonds. The fourth-order valence-corrected chi connectivity index (χ4v) is 2.97. The van der Waals surface area contributed by atoms with Crippen LogP contribution < -0.4 is 11.6 Å². The summed E-state index contributed by atoms with van der Waals surface area (Å²) in [6.45, 7) is 1.36. The lowest BCUT2D eigenvalue weighted by molar-refractivity contribution is -0.149. The number of nitrogens with zero attached hydrogens (tertiary/aromatic N) is 3. The number of urea groups is 1. The molecule has 13 heteroatoms. The number of imide groups is 1. The van der Waals surface area contributed by atoms with E-state index < -0.39 is 46.4 Å². The zero-order valence-electron chi connectivity index (χ0n) is 12.2. The molecule has 5 N–H and O–H groups in total. The van der Waals surface area contributed by atoms with Crippen LogP contribution in [0.1, 0.15) is 19.8 Å². The number of rotatable bonds is 4. The molecule has 0 aromatic carbocycles. The number of hydrogen-bond acceptors (Lipinski definition) is 8.